The van der Waals surface area contributed by atoms with E-state index in [1.165, 1.54) is 0 Å². The topological polar surface area (TPSA) is 83.8 Å². The number of carbonyl (C=O) groups excluding carboxylic acids is 1. The molecular weight excluding hydrogens is 255 g/mol. The van der Waals surface area contributed by atoms with Crippen molar-refractivity contribution in [3.05, 3.63) is 35.9 Å². The molecule has 0 aliphatic carbocycles. The monoisotopic (exact) mass is 272 g/mol. The van der Waals surface area contributed by atoms with Crippen molar-refractivity contribution in [1.29, 1.82) is 0 Å². The number of hydrogen-bond donors (Lipinski definition) is 2. The fourth-order valence-electron chi connectivity index (χ4n) is 1.47. The van der Waals surface area contributed by atoms with Gasteiger partial charge in [-0.3, -0.25) is 9.36 Å². The van der Waals surface area contributed by atoms with Gasteiger partial charge in [-0.25, -0.2) is 0 Å². The minimum atomic E-state index is -3.83. The number of rotatable bonds is 6. The normalized spacial score (nSPS) is 15.7. The predicted molar refractivity (Wildman–Crippen MR) is 67.3 cm³/mol. The highest BCUT2D eigenvalue weighted by Gasteiger charge is 2.30. The molecule has 1 aromatic rings. The summed E-state index contributed by atoms with van der Waals surface area (Å²) < 4.78 is 16.6. The summed E-state index contributed by atoms with van der Waals surface area (Å²) in [5, 5.41) is 9.83. The number of aliphatic hydroxyl groups excluding tert-OH is 1. The smallest absolute Gasteiger partial charge is 0.306 e. The third-order valence-corrected chi connectivity index (χ3v) is 4.35. The molecule has 2 N–H and O–H groups in total. The highest BCUT2D eigenvalue weighted by molar-refractivity contribution is 7.58. The van der Waals surface area contributed by atoms with Gasteiger partial charge in [-0.2, -0.15) is 0 Å². The van der Waals surface area contributed by atoms with Gasteiger partial charge in [0.25, 0.3) is 0 Å². The second-order valence-corrected chi connectivity index (χ2v) is 6.27. The van der Waals surface area contributed by atoms with Crippen LogP contribution in [-0.2, 0) is 14.1 Å². The van der Waals surface area contributed by atoms with Crippen molar-refractivity contribution < 1.29 is 24.1 Å². The first-order valence-corrected chi connectivity index (χ1v) is 7.59. The molecule has 0 aliphatic rings. The van der Waals surface area contributed by atoms with Crippen LogP contribution in [0.15, 0.2) is 30.3 Å². The van der Waals surface area contributed by atoms with Gasteiger partial charge in [-0.05, 0) is 12.5 Å². The SMILES string of the molecule is CCOC(=O)CCP(=O)(O)[C@H](O)c1ccccc1. The second-order valence-electron chi connectivity index (χ2n) is 3.82. The molecule has 1 aromatic carbocycles. The third kappa shape index (κ3) is 4.26. The maximum atomic E-state index is 11.9. The molecule has 0 radical (unpaired) electrons. The van der Waals surface area contributed by atoms with Crippen molar-refractivity contribution in [3.63, 3.8) is 0 Å². The molecule has 0 heterocycles. The lowest BCUT2D eigenvalue weighted by atomic mass is 10.2. The summed E-state index contributed by atoms with van der Waals surface area (Å²) in [5.41, 5.74) is 0.368. The van der Waals surface area contributed by atoms with Crippen LogP contribution in [0.25, 0.3) is 0 Å². The van der Waals surface area contributed by atoms with Crippen molar-refractivity contribution in [3.8, 4) is 0 Å². The standard InChI is InChI=1S/C12H17O5P/c1-2-17-11(13)8-9-18(15,16)12(14)10-6-4-3-5-7-10/h3-7,12,14H,2,8-9H2,1H3,(H,15,16)/t12-/m0/s1. The van der Waals surface area contributed by atoms with Gasteiger partial charge in [0.15, 0.2) is 5.85 Å². The Kier molecular flexibility index (Phi) is 5.54. The highest BCUT2D eigenvalue weighted by Crippen LogP contribution is 2.54. The summed E-state index contributed by atoms with van der Waals surface area (Å²) in [7, 11) is -3.83. The molecule has 0 spiro atoms. The van der Waals surface area contributed by atoms with Gasteiger partial charge in [0.1, 0.15) is 0 Å². The van der Waals surface area contributed by atoms with Crippen LogP contribution in [0, 0.1) is 0 Å². The molecule has 100 valence electrons. The fourth-order valence-corrected chi connectivity index (χ4v) is 2.85. The maximum Gasteiger partial charge on any atom is 0.306 e. The van der Waals surface area contributed by atoms with Gasteiger partial charge in [0.05, 0.1) is 13.0 Å². The van der Waals surface area contributed by atoms with Crippen molar-refractivity contribution in [2.45, 2.75) is 19.2 Å². The maximum absolute atomic E-state index is 11.9. The molecule has 0 bridgehead atoms. The first kappa shape index (κ1) is 14.9. The van der Waals surface area contributed by atoms with Crippen LogP contribution in [0.2, 0.25) is 0 Å². The number of benzene rings is 1. The quantitative estimate of drug-likeness (QED) is 0.610. The summed E-state index contributed by atoms with van der Waals surface area (Å²) in [6, 6.07) is 8.22. The summed E-state index contributed by atoms with van der Waals surface area (Å²) >= 11 is 0. The largest absolute Gasteiger partial charge is 0.466 e. The molecule has 0 saturated carbocycles. The van der Waals surface area contributed by atoms with Crippen LogP contribution in [0.3, 0.4) is 0 Å². The number of aliphatic hydroxyl groups is 1. The second kappa shape index (κ2) is 6.69. The molecule has 0 aliphatic heterocycles. The Balaban J connectivity index is 2.63. The number of ether oxygens (including phenoxy) is 1. The van der Waals surface area contributed by atoms with Crippen molar-refractivity contribution in [1.82, 2.24) is 0 Å². The lowest BCUT2D eigenvalue weighted by Gasteiger charge is -2.18. The van der Waals surface area contributed by atoms with Crippen molar-refractivity contribution >= 4 is 13.3 Å². The number of carbonyl (C=O) groups is 1. The summed E-state index contributed by atoms with van der Waals surface area (Å²) in [6.07, 6.45) is -0.465. The van der Waals surface area contributed by atoms with Crippen LogP contribution < -0.4 is 0 Å². The zero-order valence-corrected chi connectivity index (χ0v) is 11.0. The molecule has 2 atom stereocenters. The van der Waals surface area contributed by atoms with E-state index in [0.717, 1.165) is 0 Å². The molecule has 1 rings (SSSR count). The summed E-state index contributed by atoms with van der Waals surface area (Å²) in [6.45, 7) is 1.89. The van der Waals surface area contributed by atoms with E-state index in [1.54, 1.807) is 37.3 Å². The minimum absolute atomic E-state index is 0.175. The number of esters is 1. The molecule has 6 heteroatoms. The van der Waals surface area contributed by atoms with E-state index < -0.39 is 19.2 Å². The first-order chi connectivity index (χ1) is 8.47. The molecule has 18 heavy (non-hydrogen) atoms. The van der Waals surface area contributed by atoms with Crippen molar-refractivity contribution in [2.24, 2.45) is 0 Å². The molecule has 0 aromatic heterocycles. The number of hydrogen-bond acceptors (Lipinski definition) is 4. The van der Waals surface area contributed by atoms with E-state index in [-0.39, 0.29) is 19.2 Å². The average Bonchev–Trinajstić information content (AvgIpc) is 2.37. The average molecular weight is 272 g/mol. The zero-order chi connectivity index (χ0) is 13.6. The Labute approximate surface area is 106 Å². The van der Waals surface area contributed by atoms with Crippen LogP contribution in [0.4, 0.5) is 0 Å². The molecule has 5 nitrogen and oxygen atoms in total. The zero-order valence-electron chi connectivity index (χ0n) is 10.2. The first-order valence-electron chi connectivity index (χ1n) is 5.67. The lowest BCUT2D eigenvalue weighted by molar-refractivity contribution is -0.142. The molecule has 0 fully saturated rings. The van der Waals surface area contributed by atoms with Crippen LogP contribution >= 0.6 is 7.37 Å². The lowest BCUT2D eigenvalue weighted by Crippen LogP contribution is -2.09. The van der Waals surface area contributed by atoms with Gasteiger partial charge in [-0.15, -0.1) is 0 Å². The van der Waals surface area contributed by atoms with Gasteiger partial charge < -0.3 is 14.7 Å². The van der Waals surface area contributed by atoms with E-state index in [1.807, 2.05) is 0 Å². The highest BCUT2D eigenvalue weighted by atomic mass is 31.2. The van der Waals surface area contributed by atoms with Crippen LogP contribution in [-0.4, -0.2) is 28.7 Å². The summed E-state index contributed by atoms with van der Waals surface area (Å²) in [5.74, 6) is -2.00. The third-order valence-electron chi connectivity index (χ3n) is 2.42. The Morgan fingerprint density at radius 2 is 2.00 bits per heavy atom. The van der Waals surface area contributed by atoms with Crippen LogP contribution in [0.5, 0.6) is 0 Å². The fraction of sp³-hybridized carbons (Fsp3) is 0.417. The Morgan fingerprint density at radius 3 is 2.56 bits per heavy atom. The van der Waals surface area contributed by atoms with E-state index >= 15 is 0 Å². The molecule has 0 saturated heterocycles. The van der Waals surface area contributed by atoms with Gasteiger partial charge in [-0.1, -0.05) is 30.3 Å². The Morgan fingerprint density at radius 1 is 1.39 bits per heavy atom. The summed E-state index contributed by atoms with van der Waals surface area (Å²) in [4.78, 5) is 20.9. The van der Waals surface area contributed by atoms with E-state index in [4.69, 9.17) is 0 Å². The van der Waals surface area contributed by atoms with Crippen LogP contribution in [0.1, 0.15) is 24.8 Å². The Hall–Kier alpha value is -1.16. The van der Waals surface area contributed by atoms with Gasteiger partial charge in [0.2, 0.25) is 7.37 Å². The predicted octanol–water partition coefficient (Wildman–Crippen LogP) is 1.90. The van der Waals surface area contributed by atoms with E-state index in [9.17, 15) is 19.4 Å². The molecule has 0 amide bonds. The Bertz CT molecular complexity index is 431. The van der Waals surface area contributed by atoms with Gasteiger partial charge in [0, 0.05) is 6.16 Å². The van der Waals surface area contributed by atoms with E-state index in [0.29, 0.717) is 5.56 Å². The molecule has 1 unspecified atom stereocenters. The minimum Gasteiger partial charge on any atom is -0.466 e. The molecular formula is C12H17O5P. The van der Waals surface area contributed by atoms with Gasteiger partial charge >= 0.3 is 5.97 Å². The van der Waals surface area contributed by atoms with Crippen molar-refractivity contribution in [2.75, 3.05) is 12.8 Å². The van der Waals surface area contributed by atoms with E-state index in [2.05, 4.69) is 4.74 Å².